The maximum atomic E-state index is 5.51. The zero-order valence-electron chi connectivity index (χ0n) is 8.73. The summed E-state index contributed by atoms with van der Waals surface area (Å²) in [5, 5.41) is 0. The van der Waals surface area contributed by atoms with Gasteiger partial charge >= 0.3 is 0 Å². The molecule has 0 amide bonds. The van der Waals surface area contributed by atoms with Crippen LogP contribution in [0.3, 0.4) is 0 Å². The number of hydrogen-bond acceptors (Lipinski definition) is 1. The zero-order valence-corrected chi connectivity index (χ0v) is 9.73. The predicted octanol–water partition coefficient (Wildman–Crippen LogP) is 3.15. The fourth-order valence-corrected chi connectivity index (χ4v) is 2.59. The Kier molecular flexibility index (Phi) is 4.20. The van der Waals surface area contributed by atoms with Crippen molar-refractivity contribution in [3.63, 3.8) is 0 Å². The van der Waals surface area contributed by atoms with Crippen LogP contribution in [0.2, 0.25) is 0 Å². The molecule has 0 unspecified atom stereocenters. The third-order valence-electron chi connectivity index (χ3n) is 3.21. The Balaban J connectivity index is 2.78. The van der Waals surface area contributed by atoms with Crippen molar-refractivity contribution in [1.29, 1.82) is 0 Å². The third kappa shape index (κ3) is 2.23. The molecule has 0 heterocycles. The van der Waals surface area contributed by atoms with Crippen molar-refractivity contribution in [3.8, 4) is 0 Å². The van der Waals surface area contributed by atoms with E-state index < -0.39 is 0 Å². The first kappa shape index (κ1) is 11.0. The molecule has 1 nitrogen and oxygen atoms in total. The lowest BCUT2D eigenvalue weighted by molar-refractivity contribution is 0.105. The highest BCUT2D eigenvalue weighted by atomic mass is 28.2. The average molecular weight is 195 g/mol. The van der Waals surface area contributed by atoms with E-state index in [1.807, 2.05) is 0 Å². The number of rotatable bonds is 4. The van der Waals surface area contributed by atoms with Crippen molar-refractivity contribution < 1.29 is 4.43 Å². The van der Waals surface area contributed by atoms with Gasteiger partial charge in [-0.1, -0.05) is 19.9 Å². The van der Waals surface area contributed by atoms with Crippen LogP contribution >= 0.6 is 0 Å². The van der Waals surface area contributed by atoms with Crippen LogP contribution in [0.25, 0.3) is 0 Å². The van der Waals surface area contributed by atoms with Crippen LogP contribution in [0.5, 0.6) is 0 Å². The Morgan fingerprint density at radius 3 is 2.46 bits per heavy atom. The molecule has 0 aliphatic heterocycles. The van der Waals surface area contributed by atoms with Gasteiger partial charge in [-0.15, -0.1) is 0 Å². The van der Waals surface area contributed by atoms with Crippen LogP contribution < -0.4 is 0 Å². The average Bonchev–Trinajstić information content (AvgIpc) is 2.23. The summed E-state index contributed by atoms with van der Waals surface area (Å²) >= 11 is 0. The summed E-state index contributed by atoms with van der Waals surface area (Å²) in [4.78, 5) is 0. The maximum Gasteiger partial charge on any atom is 0.247 e. The van der Waals surface area contributed by atoms with Gasteiger partial charge in [0.15, 0.2) is 0 Å². The highest BCUT2D eigenvalue weighted by Gasteiger charge is 2.29. The second-order valence-electron chi connectivity index (χ2n) is 3.78. The third-order valence-corrected chi connectivity index (χ3v) is 3.60. The number of hydrogen-bond donors (Lipinski definition) is 0. The van der Waals surface area contributed by atoms with Crippen molar-refractivity contribution in [2.24, 2.45) is 0 Å². The SMILES string of the molecule is CCC(CC)(O[Si])C1=CCCCC1. The highest BCUT2D eigenvalue weighted by Crippen LogP contribution is 2.34. The van der Waals surface area contributed by atoms with E-state index in [1.54, 1.807) is 0 Å². The van der Waals surface area contributed by atoms with Gasteiger partial charge in [-0.2, -0.15) is 0 Å². The fraction of sp³-hybridized carbons (Fsp3) is 0.818. The summed E-state index contributed by atoms with van der Waals surface area (Å²) < 4.78 is 5.51. The molecule has 1 rings (SSSR count). The van der Waals surface area contributed by atoms with Crippen LogP contribution in [0.4, 0.5) is 0 Å². The highest BCUT2D eigenvalue weighted by molar-refractivity contribution is 5.98. The molecule has 73 valence electrons. The van der Waals surface area contributed by atoms with E-state index in [9.17, 15) is 0 Å². The van der Waals surface area contributed by atoms with E-state index in [-0.39, 0.29) is 5.60 Å². The first-order valence-electron chi connectivity index (χ1n) is 5.33. The normalized spacial score (nSPS) is 18.5. The van der Waals surface area contributed by atoms with Gasteiger partial charge in [0.25, 0.3) is 0 Å². The van der Waals surface area contributed by atoms with E-state index in [4.69, 9.17) is 4.43 Å². The van der Waals surface area contributed by atoms with Crippen molar-refractivity contribution in [2.45, 2.75) is 58.0 Å². The maximum absolute atomic E-state index is 5.51. The second-order valence-corrected chi connectivity index (χ2v) is 3.98. The van der Waals surface area contributed by atoms with E-state index in [1.165, 1.54) is 31.3 Å². The van der Waals surface area contributed by atoms with Gasteiger partial charge < -0.3 is 4.43 Å². The Labute approximate surface area is 85.1 Å². The zero-order chi connectivity index (χ0) is 9.73. The Hall–Kier alpha value is -0.0831. The lowest BCUT2D eigenvalue weighted by Gasteiger charge is -2.35. The minimum atomic E-state index is -0.0304. The molecular weight excluding hydrogens is 176 g/mol. The van der Waals surface area contributed by atoms with Crippen molar-refractivity contribution in [2.75, 3.05) is 0 Å². The van der Waals surface area contributed by atoms with E-state index >= 15 is 0 Å². The topological polar surface area (TPSA) is 9.23 Å². The summed E-state index contributed by atoms with van der Waals surface area (Å²) in [6, 6.07) is 0. The minimum absolute atomic E-state index is 0.0304. The Morgan fingerprint density at radius 1 is 1.38 bits per heavy atom. The smallest absolute Gasteiger partial charge is 0.247 e. The molecule has 0 atom stereocenters. The molecule has 1 aliphatic carbocycles. The molecule has 0 fully saturated rings. The summed E-state index contributed by atoms with van der Waals surface area (Å²) in [6.45, 7) is 4.39. The lowest BCUT2D eigenvalue weighted by atomic mass is 9.82. The molecule has 0 spiro atoms. The molecule has 0 N–H and O–H groups in total. The molecule has 2 heteroatoms. The molecule has 13 heavy (non-hydrogen) atoms. The standard InChI is InChI=1S/C11H19OSi/c1-3-11(4-2,12-13)10-8-6-5-7-9-10/h8H,3-7,9H2,1-2H3. The van der Waals surface area contributed by atoms with E-state index in [0.29, 0.717) is 0 Å². The number of allylic oxidation sites excluding steroid dienone is 1. The van der Waals surface area contributed by atoms with Gasteiger partial charge in [0.05, 0.1) is 5.60 Å². The van der Waals surface area contributed by atoms with Crippen molar-refractivity contribution >= 4 is 10.5 Å². The fourth-order valence-electron chi connectivity index (χ4n) is 2.17. The van der Waals surface area contributed by atoms with Gasteiger partial charge in [-0.3, -0.25) is 0 Å². The van der Waals surface area contributed by atoms with Crippen LogP contribution in [-0.2, 0) is 4.43 Å². The Bertz CT molecular complexity index is 174. The van der Waals surface area contributed by atoms with Gasteiger partial charge in [0.1, 0.15) is 0 Å². The monoisotopic (exact) mass is 195 g/mol. The van der Waals surface area contributed by atoms with Crippen LogP contribution in [0.15, 0.2) is 11.6 Å². The Morgan fingerprint density at radius 2 is 2.08 bits per heavy atom. The molecule has 0 saturated heterocycles. The van der Waals surface area contributed by atoms with Gasteiger partial charge in [-0.25, -0.2) is 0 Å². The van der Waals surface area contributed by atoms with Gasteiger partial charge in [-0.05, 0) is 44.1 Å². The molecule has 0 saturated carbocycles. The first-order valence-corrected chi connectivity index (χ1v) is 5.74. The second kappa shape index (κ2) is 4.96. The summed E-state index contributed by atoms with van der Waals surface area (Å²) in [7, 11) is 3.24. The van der Waals surface area contributed by atoms with Crippen molar-refractivity contribution in [3.05, 3.63) is 11.6 Å². The first-order chi connectivity index (χ1) is 6.29. The van der Waals surface area contributed by atoms with Crippen LogP contribution in [-0.4, -0.2) is 16.1 Å². The van der Waals surface area contributed by atoms with E-state index in [0.717, 1.165) is 12.8 Å². The molecule has 0 aromatic heterocycles. The summed E-state index contributed by atoms with van der Waals surface area (Å²) in [5.41, 5.74) is 1.47. The quantitative estimate of drug-likeness (QED) is 0.494. The summed E-state index contributed by atoms with van der Waals surface area (Å²) in [6.07, 6.45) is 9.59. The molecule has 0 bridgehead atoms. The van der Waals surface area contributed by atoms with Crippen molar-refractivity contribution in [1.82, 2.24) is 0 Å². The van der Waals surface area contributed by atoms with Crippen LogP contribution in [0, 0.1) is 0 Å². The molecule has 0 aromatic carbocycles. The van der Waals surface area contributed by atoms with Gasteiger partial charge in [0, 0.05) is 0 Å². The minimum Gasteiger partial charge on any atom is -0.410 e. The van der Waals surface area contributed by atoms with E-state index in [2.05, 4.69) is 30.4 Å². The molecular formula is C11H19OSi. The molecule has 0 aromatic rings. The lowest BCUT2D eigenvalue weighted by Crippen LogP contribution is -2.33. The summed E-state index contributed by atoms with van der Waals surface area (Å²) in [5.74, 6) is 0. The van der Waals surface area contributed by atoms with Crippen LogP contribution in [0.1, 0.15) is 52.4 Å². The van der Waals surface area contributed by atoms with Gasteiger partial charge in [0.2, 0.25) is 10.5 Å². The largest absolute Gasteiger partial charge is 0.410 e. The predicted molar refractivity (Wildman–Crippen MR) is 56.7 cm³/mol. The molecule has 3 radical (unpaired) electrons. The molecule has 1 aliphatic rings.